The molecule has 0 unspecified atom stereocenters. The topological polar surface area (TPSA) is 373 Å². The summed E-state index contributed by atoms with van der Waals surface area (Å²) >= 11 is 0. The smallest absolute Gasteiger partial charge is 0.264 e. The van der Waals surface area contributed by atoms with Crippen molar-refractivity contribution in [1.29, 1.82) is 0 Å². The Morgan fingerprint density at radius 3 is 0.259 bits per heavy atom. The van der Waals surface area contributed by atoms with Gasteiger partial charge >= 0.3 is 52.0 Å². The quantitative estimate of drug-likeness (QED) is 0.0936. The zero-order valence-corrected chi connectivity index (χ0v) is 22.0. The average Bonchev–Trinajstić information content (AvgIpc) is 1.79. The summed E-state index contributed by atoms with van der Waals surface area (Å²) in [5, 5.41) is 0. The van der Waals surface area contributed by atoms with Gasteiger partial charge in [-0.15, -0.1) is 0 Å². The Hall–Kier alpha value is 0.597. The fourth-order valence-corrected chi connectivity index (χ4v) is 0. The second-order valence-electron chi connectivity index (χ2n) is 2.24. The van der Waals surface area contributed by atoms with Gasteiger partial charge < -0.3 is 0 Å². The first-order valence-electron chi connectivity index (χ1n) is 3.49. The summed E-state index contributed by atoms with van der Waals surface area (Å²) in [6.07, 6.45) is 0. The predicted octanol–water partition coefficient (Wildman–Crippen LogP) is -3.27. The third kappa shape index (κ3) is 45200. The largest absolute Gasteiger partial charge is 0.394 e. The first-order chi connectivity index (χ1) is 10.0. The SMILES string of the molecule is O=S(=O)(O)O.O=S(=O)(O)O.O=S(=O)(O)O.O=S(=O)(O)O.O=S(=O)(O)O.[Zn].[Zn]. The van der Waals surface area contributed by atoms with E-state index in [9.17, 15) is 0 Å². The molecular weight excluding hydrogens is 611 g/mol. The summed E-state index contributed by atoms with van der Waals surface area (Å²) in [5.41, 5.74) is 0. The summed E-state index contributed by atoms with van der Waals surface area (Å²) < 4.78 is 158. The zero-order valence-electron chi connectivity index (χ0n) is 12.0. The first kappa shape index (κ1) is 46.0. The molecule has 0 amide bonds. The maximum atomic E-state index is 8.74. The molecule has 27 heavy (non-hydrogen) atoms. The minimum absolute atomic E-state index is 0. The van der Waals surface area contributed by atoms with E-state index in [0.717, 1.165) is 0 Å². The van der Waals surface area contributed by atoms with Crippen molar-refractivity contribution in [3.8, 4) is 0 Å². The number of hydrogen-bond donors (Lipinski definition) is 10. The number of hydrogen-bond acceptors (Lipinski definition) is 10. The van der Waals surface area contributed by atoms with Gasteiger partial charge in [0.25, 0.3) is 0 Å². The molecule has 0 radical (unpaired) electrons. The van der Waals surface area contributed by atoms with Gasteiger partial charge in [0, 0.05) is 39.0 Å². The van der Waals surface area contributed by atoms with Crippen molar-refractivity contribution in [1.82, 2.24) is 0 Å². The Morgan fingerprint density at radius 2 is 0.259 bits per heavy atom. The molecule has 10 N–H and O–H groups in total. The van der Waals surface area contributed by atoms with Crippen molar-refractivity contribution in [2.45, 2.75) is 0 Å². The van der Waals surface area contributed by atoms with E-state index in [1.807, 2.05) is 0 Å². The van der Waals surface area contributed by atoms with Crippen molar-refractivity contribution in [3.05, 3.63) is 0 Å². The zero-order chi connectivity index (χ0) is 22.5. The Morgan fingerprint density at radius 1 is 0.259 bits per heavy atom. The maximum Gasteiger partial charge on any atom is 0.394 e. The first-order valence-corrected chi connectivity index (χ1v) is 10.5. The molecule has 0 saturated carbocycles. The van der Waals surface area contributed by atoms with E-state index in [4.69, 9.17) is 87.6 Å². The molecule has 0 rings (SSSR count). The van der Waals surface area contributed by atoms with Gasteiger partial charge in [0.05, 0.1) is 0 Å². The van der Waals surface area contributed by atoms with Gasteiger partial charge in [0.2, 0.25) is 0 Å². The van der Waals surface area contributed by atoms with E-state index >= 15 is 0 Å². The number of rotatable bonds is 0. The van der Waals surface area contributed by atoms with Gasteiger partial charge in [0.15, 0.2) is 0 Å². The molecule has 0 fully saturated rings. The summed E-state index contributed by atoms with van der Waals surface area (Å²) in [6, 6.07) is 0. The molecule has 0 aliphatic carbocycles. The molecule has 0 spiro atoms. The van der Waals surface area contributed by atoms with Crippen LogP contribution in [0.5, 0.6) is 0 Å². The fourth-order valence-electron chi connectivity index (χ4n) is 0. The molecule has 0 aromatic rings. The molecule has 0 heterocycles. The normalized spacial score (nSPS) is 10.7. The molecule has 0 aliphatic rings. The van der Waals surface area contributed by atoms with Crippen molar-refractivity contribution in [3.63, 3.8) is 0 Å². The molecule has 0 atom stereocenters. The van der Waals surface area contributed by atoms with Crippen LogP contribution in [0.2, 0.25) is 0 Å². The van der Waals surface area contributed by atoms with Crippen molar-refractivity contribution >= 4 is 52.0 Å². The van der Waals surface area contributed by atoms with Gasteiger partial charge in [-0.25, -0.2) is 0 Å². The minimum Gasteiger partial charge on any atom is -0.264 e. The van der Waals surface area contributed by atoms with Crippen LogP contribution >= 0.6 is 0 Å². The van der Waals surface area contributed by atoms with Crippen molar-refractivity contribution in [2.75, 3.05) is 0 Å². The molecule has 0 aromatic heterocycles. The van der Waals surface area contributed by atoms with E-state index in [1.54, 1.807) is 0 Å². The van der Waals surface area contributed by atoms with Gasteiger partial charge in [-0.05, 0) is 0 Å². The third-order valence-electron chi connectivity index (χ3n) is 0. The minimum atomic E-state index is -4.67. The molecule has 164 valence electrons. The van der Waals surface area contributed by atoms with E-state index in [1.165, 1.54) is 0 Å². The summed E-state index contributed by atoms with van der Waals surface area (Å²) in [6.45, 7) is 0. The van der Waals surface area contributed by atoms with Crippen LogP contribution in [0.15, 0.2) is 0 Å². The Kier molecular flexibility index (Phi) is 31.7. The van der Waals surface area contributed by atoms with Crippen LogP contribution in [0.1, 0.15) is 0 Å². The van der Waals surface area contributed by atoms with Gasteiger partial charge in [0.1, 0.15) is 0 Å². The van der Waals surface area contributed by atoms with Crippen molar-refractivity contribution in [2.24, 2.45) is 0 Å². The summed E-state index contributed by atoms with van der Waals surface area (Å²) in [7, 11) is -23.3. The molecular formula is H10O20S5Zn2. The van der Waals surface area contributed by atoms with Crippen LogP contribution in [-0.4, -0.2) is 87.6 Å². The summed E-state index contributed by atoms with van der Waals surface area (Å²) in [4.78, 5) is 0. The van der Waals surface area contributed by atoms with E-state index in [-0.39, 0.29) is 39.0 Å². The van der Waals surface area contributed by atoms with Gasteiger partial charge in [-0.3, -0.25) is 45.5 Å². The molecule has 27 heteroatoms. The monoisotopic (exact) mass is 618 g/mol. The van der Waals surface area contributed by atoms with Crippen LogP contribution in [0.4, 0.5) is 0 Å². The predicted molar refractivity (Wildman–Crippen MR) is 70.9 cm³/mol. The molecule has 0 saturated heterocycles. The Bertz CT molecular complexity index is 619. The van der Waals surface area contributed by atoms with Gasteiger partial charge in [-0.1, -0.05) is 0 Å². The van der Waals surface area contributed by atoms with Gasteiger partial charge in [-0.2, -0.15) is 42.1 Å². The molecule has 0 aromatic carbocycles. The molecule has 20 nitrogen and oxygen atoms in total. The molecule has 0 aliphatic heterocycles. The second kappa shape index (κ2) is 18.6. The van der Waals surface area contributed by atoms with E-state index in [0.29, 0.717) is 0 Å². The van der Waals surface area contributed by atoms with Crippen molar-refractivity contribution < 1.29 is 127 Å². The Labute approximate surface area is 177 Å². The van der Waals surface area contributed by atoms with Crippen LogP contribution in [0.3, 0.4) is 0 Å². The standard InChI is InChI=1S/5H2O4S.2Zn/c5*1-5(2,3)4;;/h5*(H2,1,2,3,4);;. The fraction of sp³-hybridized carbons (Fsp3) is 0. The van der Waals surface area contributed by atoms with E-state index in [2.05, 4.69) is 0 Å². The maximum absolute atomic E-state index is 8.74. The van der Waals surface area contributed by atoms with Crippen LogP contribution in [0, 0.1) is 0 Å². The summed E-state index contributed by atoms with van der Waals surface area (Å²) in [5.74, 6) is 0. The van der Waals surface area contributed by atoms with E-state index < -0.39 is 52.0 Å². The third-order valence-corrected chi connectivity index (χ3v) is 0. The second-order valence-corrected chi connectivity index (χ2v) is 6.72. The average molecular weight is 621 g/mol. The Balaban J connectivity index is -0.0000000364. The van der Waals surface area contributed by atoms with Crippen LogP contribution in [0.25, 0.3) is 0 Å². The van der Waals surface area contributed by atoms with Crippen LogP contribution < -0.4 is 0 Å². The molecule has 0 bridgehead atoms. The van der Waals surface area contributed by atoms with Crippen LogP contribution in [-0.2, 0) is 91.0 Å².